The van der Waals surface area contributed by atoms with Gasteiger partial charge >= 0.3 is 0 Å². The van der Waals surface area contributed by atoms with Gasteiger partial charge in [-0.25, -0.2) is 14.4 Å². The van der Waals surface area contributed by atoms with Crippen molar-refractivity contribution in [3.8, 4) is 0 Å². The number of nitrogens with zero attached hydrogens (tertiary/aromatic N) is 3. The molecule has 5 nitrogen and oxygen atoms in total. The molecule has 2 aromatic rings. The molecule has 148 valence electrons. The standard InChI is InChI=1S/C22H27FN4O/c23-18-9-4-10-19(14-18)25-22-24-12-11-20(26-22)17-8-5-13-27(15-17)21(28)16-6-2-1-3-7-16/h4,9-12,14,16-17H,1-3,5-8,13,15H2,(H,24,25,26)/t17-/m0/s1. The highest BCUT2D eigenvalue weighted by atomic mass is 19.1. The van der Waals surface area contributed by atoms with Crippen molar-refractivity contribution >= 4 is 17.5 Å². The predicted molar refractivity (Wildman–Crippen MR) is 107 cm³/mol. The van der Waals surface area contributed by atoms with Gasteiger partial charge in [-0.1, -0.05) is 25.3 Å². The lowest BCUT2D eigenvalue weighted by Gasteiger charge is -2.35. The number of amides is 1. The molecule has 0 bridgehead atoms. The third-order valence-electron chi connectivity index (χ3n) is 5.86. The number of likely N-dealkylation sites (tertiary alicyclic amines) is 1. The van der Waals surface area contributed by atoms with Crippen molar-refractivity contribution in [1.29, 1.82) is 0 Å². The monoisotopic (exact) mass is 382 g/mol. The van der Waals surface area contributed by atoms with Gasteiger partial charge in [-0.3, -0.25) is 4.79 Å². The van der Waals surface area contributed by atoms with Crippen molar-refractivity contribution in [2.24, 2.45) is 5.92 Å². The number of carbonyl (C=O) groups excluding carboxylic acids is 1. The Morgan fingerprint density at radius 2 is 1.96 bits per heavy atom. The molecule has 1 aliphatic heterocycles. The lowest BCUT2D eigenvalue weighted by molar-refractivity contribution is -0.137. The Morgan fingerprint density at radius 3 is 2.79 bits per heavy atom. The smallest absolute Gasteiger partial charge is 0.227 e. The van der Waals surface area contributed by atoms with Gasteiger partial charge in [-0.2, -0.15) is 0 Å². The summed E-state index contributed by atoms with van der Waals surface area (Å²) in [5.74, 6) is 0.918. The quantitative estimate of drug-likeness (QED) is 0.836. The number of aromatic nitrogens is 2. The summed E-state index contributed by atoms with van der Waals surface area (Å²) in [6, 6.07) is 8.18. The molecule has 1 amide bonds. The van der Waals surface area contributed by atoms with Crippen molar-refractivity contribution in [2.45, 2.75) is 50.9 Å². The van der Waals surface area contributed by atoms with Gasteiger partial charge in [0.25, 0.3) is 0 Å². The van der Waals surface area contributed by atoms with Crippen LogP contribution in [-0.4, -0.2) is 33.9 Å². The van der Waals surface area contributed by atoms with Gasteiger partial charge in [-0.15, -0.1) is 0 Å². The number of hydrogen-bond acceptors (Lipinski definition) is 4. The molecule has 6 heteroatoms. The fraction of sp³-hybridized carbons (Fsp3) is 0.500. The average molecular weight is 382 g/mol. The topological polar surface area (TPSA) is 58.1 Å². The summed E-state index contributed by atoms with van der Waals surface area (Å²) in [7, 11) is 0. The fourth-order valence-corrected chi connectivity index (χ4v) is 4.38. The normalized spacial score (nSPS) is 20.8. The Kier molecular flexibility index (Phi) is 5.84. The van der Waals surface area contributed by atoms with Crippen LogP contribution >= 0.6 is 0 Å². The SMILES string of the molecule is O=C(C1CCCCC1)N1CCC[C@H](c2ccnc(Nc3cccc(F)c3)n2)C1. The lowest BCUT2D eigenvalue weighted by atomic mass is 9.87. The highest BCUT2D eigenvalue weighted by Gasteiger charge is 2.30. The number of anilines is 2. The van der Waals surface area contributed by atoms with Gasteiger partial charge < -0.3 is 10.2 Å². The molecule has 2 aliphatic rings. The Balaban J connectivity index is 1.44. The van der Waals surface area contributed by atoms with E-state index in [0.717, 1.165) is 44.5 Å². The maximum absolute atomic E-state index is 13.4. The van der Waals surface area contributed by atoms with Crippen LogP contribution < -0.4 is 5.32 Å². The Morgan fingerprint density at radius 1 is 1.11 bits per heavy atom. The van der Waals surface area contributed by atoms with Crippen LogP contribution in [0.2, 0.25) is 0 Å². The van der Waals surface area contributed by atoms with E-state index in [1.165, 1.54) is 31.4 Å². The molecule has 1 aromatic carbocycles. The fourth-order valence-electron chi connectivity index (χ4n) is 4.38. The highest BCUT2D eigenvalue weighted by molar-refractivity contribution is 5.79. The molecular formula is C22H27FN4O. The first-order valence-electron chi connectivity index (χ1n) is 10.3. The maximum Gasteiger partial charge on any atom is 0.227 e. The van der Waals surface area contributed by atoms with Crippen LogP contribution in [0.4, 0.5) is 16.0 Å². The molecule has 1 N–H and O–H groups in total. The summed E-state index contributed by atoms with van der Waals surface area (Å²) < 4.78 is 13.4. The van der Waals surface area contributed by atoms with Crippen LogP contribution in [0.25, 0.3) is 0 Å². The molecule has 0 radical (unpaired) electrons. The number of hydrogen-bond donors (Lipinski definition) is 1. The molecule has 2 heterocycles. The Labute approximate surface area is 165 Å². The van der Waals surface area contributed by atoms with Crippen molar-refractivity contribution in [2.75, 3.05) is 18.4 Å². The molecule has 28 heavy (non-hydrogen) atoms. The number of benzene rings is 1. The number of rotatable bonds is 4. The zero-order chi connectivity index (χ0) is 19.3. The third kappa shape index (κ3) is 4.49. The third-order valence-corrected chi connectivity index (χ3v) is 5.86. The second kappa shape index (κ2) is 8.67. The minimum atomic E-state index is -0.301. The van der Waals surface area contributed by atoms with E-state index < -0.39 is 0 Å². The average Bonchev–Trinajstić information content (AvgIpc) is 2.74. The molecule has 0 unspecified atom stereocenters. The molecule has 2 fully saturated rings. The second-order valence-corrected chi connectivity index (χ2v) is 7.90. The summed E-state index contributed by atoms with van der Waals surface area (Å²) in [4.78, 5) is 23.9. The van der Waals surface area contributed by atoms with E-state index in [-0.39, 0.29) is 17.7 Å². The first-order valence-corrected chi connectivity index (χ1v) is 10.3. The van der Waals surface area contributed by atoms with Crippen LogP contribution in [0.5, 0.6) is 0 Å². The zero-order valence-electron chi connectivity index (χ0n) is 16.1. The van der Waals surface area contributed by atoms with Crippen LogP contribution in [0.1, 0.15) is 56.6 Å². The lowest BCUT2D eigenvalue weighted by Crippen LogP contribution is -2.43. The minimum Gasteiger partial charge on any atom is -0.342 e. The van der Waals surface area contributed by atoms with E-state index in [4.69, 9.17) is 0 Å². The summed E-state index contributed by atoms with van der Waals surface area (Å²) in [5.41, 5.74) is 1.56. The Bertz CT molecular complexity index is 822. The molecule has 4 rings (SSSR count). The van der Waals surface area contributed by atoms with Crippen LogP contribution in [-0.2, 0) is 4.79 Å². The van der Waals surface area contributed by atoms with Gasteiger partial charge in [0.1, 0.15) is 5.82 Å². The van der Waals surface area contributed by atoms with E-state index in [1.807, 2.05) is 11.0 Å². The molecule has 1 saturated carbocycles. The zero-order valence-corrected chi connectivity index (χ0v) is 16.1. The van der Waals surface area contributed by atoms with Gasteiger partial charge in [0.05, 0.1) is 5.69 Å². The van der Waals surface area contributed by atoms with Crippen molar-refractivity contribution < 1.29 is 9.18 Å². The molecule has 1 saturated heterocycles. The van der Waals surface area contributed by atoms with E-state index in [2.05, 4.69) is 15.3 Å². The summed E-state index contributed by atoms with van der Waals surface area (Å²) >= 11 is 0. The van der Waals surface area contributed by atoms with Gasteiger partial charge in [0.15, 0.2) is 0 Å². The van der Waals surface area contributed by atoms with Crippen molar-refractivity contribution in [3.05, 3.63) is 48.0 Å². The summed E-state index contributed by atoms with van der Waals surface area (Å²) in [5, 5.41) is 3.07. The number of halogens is 1. The number of nitrogens with one attached hydrogen (secondary N) is 1. The van der Waals surface area contributed by atoms with Gasteiger partial charge in [0.2, 0.25) is 11.9 Å². The highest BCUT2D eigenvalue weighted by Crippen LogP contribution is 2.30. The van der Waals surface area contributed by atoms with Crippen molar-refractivity contribution in [1.82, 2.24) is 14.9 Å². The van der Waals surface area contributed by atoms with Crippen LogP contribution in [0.3, 0.4) is 0 Å². The van der Waals surface area contributed by atoms with Crippen molar-refractivity contribution in [3.63, 3.8) is 0 Å². The van der Waals surface area contributed by atoms with Crippen LogP contribution in [0.15, 0.2) is 36.5 Å². The first-order chi connectivity index (χ1) is 13.7. The van der Waals surface area contributed by atoms with Gasteiger partial charge in [-0.05, 0) is 49.9 Å². The summed E-state index contributed by atoms with van der Waals surface area (Å²) in [6.07, 6.45) is 9.43. The summed E-state index contributed by atoms with van der Waals surface area (Å²) in [6.45, 7) is 1.58. The molecule has 1 atom stereocenters. The second-order valence-electron chi connectivity index (χ2n) is 7.90. The predicted octanol–water partition coefficient (Wildman–Crippen LogP) is 4.65. The van der Waals surface area contributed by atoms with E-state index in [1.54, 1.807) is 18.3 Å². The molecule has 1 aliphatic carbocycles. The molecule has 0 spiro atoms. The molecular weight excluding hydrogens is 355 g/mol. The van der Waals surface area contributed by atoms with E-state index in [9.17, 15) is 9.18 Å². The minimum absolute atomic E-state index is 0.211. The van der Waals surface area contributed by atoms with Gasteiger partial charge in [0, 0.05) is 36.8 Å². The first kappa shape index (κ1) is 18.8. The van der Waals surface area contributed by atoms with Crippen LogP contribution in [0, 0.1) is 11.7 Å². The van der Waals surface area contributed by atoms with E-state index >= 15 is 0 Å². The Hall–Kier alpha value is -2.50. The number of piperidine rings is 1. The largest absolute Gasteiger partial charge is 0.342 e. The number of carbonyl (C=O) groups is 1. The molecule has 1 aromatic heterocycles. The van der Waals surface area contributed by atoms with E-state index in [0.29, 0.717) is 17.5 Å². The maximum atomic E-state index is 13.4.